The summed E-state index contributed by atoms with van der Waals surface area (Å²) in [4.78, 5) is 10.9. The van der Waals surface area contributed by atoms with Gasteiger partial charge in [-0.05, 0) is 26.2 Å². The highest BCUT2D eigenvalue weighted by Gasteiger charge is 2.25. The third-order valence-electron chi connectivity index (χ3n) is 3.48. The molecule has 100 valence electrons. The van der Waals surface area contributed by atoms with Crippen LogP contribution in [-0.2, 0) is 6.42 Å². The van der Waals surface area contributed by atoms with E-state index in [1.807, 2.05) is 19.9 Å². The first-order valence-electron chi connectivity index (χ1n) is 6.61. The molecule has 1 aromatic heterocycles. The van der Waals surface area contributed by atoms with Gasteiger partial charge in [0, 0.05) is 25.6 Å². The van der Waals surface area contributed by atoms with Crippen molar-refractivity contribution in [2.24, 2.45) is 0 Å². The van der Waals surface area contributed by atoms with E-state index in [1.165, 1.54) is 0 Å². The molecule has 1 aliphatic heterocycles. The van der Waals surface area contributed by atoms with Gasteiger partial charge in [-0.2, -0.15) is 0 Å². The Bertz CT molecular complexity index is 419. The molecule has 2 heterocycles. The number of nitrogens with zero attached hydrogens (tertiary/aromatic N) is 3. The van der Waals surface area contributed by atoms with E-state index in [2.05, 4.69) is 14.9 Å². The summed E-state index contributed by atoms with van der Waals surface area (Å²) in [5.74, 6) is 2.19. The number of hydrogen-bond donors (Lipinski definition) is 2. The second-order valence-corrected chi connectivity index (χ2v) is 5.26. The number of nitrogens with two attached hydrogens (primary N) is 1. The van der Waals surface area contributed by atoms with Crippen molar-refractivity contribution in [3.8, 4) is 0 Å². The van der Waals surface area contributed by atoms with E-state index in [1.54, 1.807) is 0 Å². The molecule has 1 fully saturated rings. The predicted molar refractivity (Wildman–Crippen MR) is 72.5 cm³/mol. The van der Waals surface area contributed by atoms with E-state index in [4.69, 9.17) is 5.73 Å². The van der Waals surface area contributed by atoms with E-state index in [0.29, 0.717) is 5.82 Å². The van der Waals surface area contributed by atoms with Crippen LogP contribution in [0.4, 0.5) is 11.6 Å². The van der Waals surface area contributed by atoms with Crippen molar-refractivity contribution in [3.63, 3.8) is 0 Å². The highest BCUT2D eigenvalue weighted by atomic mass is 16.3. The van der Waals surface area contributed by atoms with Gasteiger partial charge in [0.15, 0.2) is 0 Å². The van der Waals surface area contributed by atoms with Gasteiger partial charge in [-0.15, -0.1) is 0 Å². The zero-order chi connectivity index (χ0) is 13.2. The van der Waals surface area contributed by atoms with Crippen LogP contribution in [0, 0.1) is 0 Å². The predicted octanol–water partition coefficient (Wildman–Crippen LogP) is 1.36. The van der Waals surface area contributed by atoms with Crippen LogP contribution in [0.25, 0.3) is 0 Å². The third-order valence-corrected chi connectivity index (χ3v) is 3.48. The first-order valence-corrected chi connectivity index (χ1v) is 6.61. The topological polar surface area (TPSA) is 75.3 Å². The van der Waals surface area contributed by atoms with Crippen LogP contribution >= 0.6 is 0 Å². The summed E-state index contributed by atoms with van der Waals surface area (Å²) >= 11 is 0. The SMILES string of the molecule is CCc1nc(N)cc(N2CCCC(C)(O)CC2)n1. The van der Waals surface area contributed by atoms with Crippen LogP contribution in [0.5, 0.6) is 0 Å². The first kappa shape index (κ1) is 13.1. The molecule has 18 heavy (non-hydrogen) atoms. The summed E-state index contributed by atoms with van der Waals surface area (Å²) < 4.78 is 0. The Morgan fingerprint density at radius 2 is 2.17 bits per heavy atom. The number of rotatable bonds is 2. The van der Waals surface area contributed by atoms with Crippen LogP contribution in [0.1, 0.15) is 38.9 Å². The molecule has 5 heteroatoms. The Kier molecular flexibility index (Phi) is 3.71. The maximum Gasteiger partial charge on any atom is 0.134 e. The van der Waals surface area contributed by atoms with Crippen LogP contribution < -0.4 is 10.6 Å². The van der Waals surface area contributed by atoms with Gasteiger partial charge in [-0.1, -0.05) is 6.92 Å². The van der Waals surface area contributed by atoms with Gasteiger partial charge in [0.25, 0.3) is 0 Å². The zero-order valence-electron chi connectivity index (χ0n) is 11.2. The number of anilines is 2. The Balaban J connectivity index is 2.18. The van der Waals surface area contributed by atoms with Crippen LogP contribution in [-0.4, -0.2) is 33.8 Å². The molecule has 1 aliphatic rings. The van der Waals surface area contributed by atoms with E-state index in [9.17, 15) is 5.11 Å². The normalized spacial score (nSPS) is 24.9. The number of hydrogen-bond acceptors (Lipinski definition) is 5. The summed E-state index contributed by atoms with van der Waals surface area (Å²) in [6, 6.07) is 1.82. The van der Waals surface area contributed by atoms with Gasteiger partial charge in [-0.3, -0.25) is 0 Å². The minimum atomic E-state index is -0.555. The fourth-order valence-corrected chi connectivity index (χ4v) is 2.32. The number of aryl methyl sites for hydroxylation is 1. The second-order valence-electron chi connectivity index (χ2n) is 5.26. The summed E-state index contributed by atoms with van der Waals surface area (Å²) in [6.07, 6.45) is 3.35. The summed E-state index contributed by atoms with van der Waals surface area (Å²) in [7, 11) is 0. The summed E-state index contributed by atoms with van der Waals surface area (Å²) in [5, 5.41) is 10.1. The lowest BCUT2D eigenvalue weighted by Crippen LogP contribution is -2.29. The molecule has 0 aliphatic carbocycles. The quantitative estimate of drug-likeness (QED) is 0.829. The van der Waals surface area contributed by atoms with Crippen molar-refractivity contribution in [1.29, 1.82) is 0 Å². The number of nitrogen functional groups attached to an aromatic ring is 1. The minimum absolute atomic E-state index is 0.521. The molecule has 3 N–H and O–H groups in total. The Morgan fingerprint density at radius 3 is 2.89 bits per heavy atom. The molecule has 0 radical (unpaired) electrons. The molecule has 0 aromatic carbocycles. The van der Waals surface area contributed by atoms with Crippen molar-refractivity contribution in [1.82, 2.24) is 9.97 Å². The van der Waals surface area contributed by atoms with E-state index in [-0.39, 0.29) is 0 Å². The lowest BCUT2D eigenvalue weighted by molar-refractivity contribution is 0.0481. The Morgan fingerprint density at radius 1 is 1.39 bits per heavy atom. The van der Waals surface area contributed by atoms with E-state index in [0.717, 1.165) is 50.4 Å². The molecule has 1 aromatic rings. The average molecular weight is 250 g/mol. The summed E-state index contributed by atoms with van der Waals surface area (Å²) in [5.41, 5.74) is 5.25. The molecule has 5 nitrogen and oxygen atoms in total. The largest absolute Gasteiger partial charge is 0.390 e. The molecule has 1 atom stereocenters. The molecular formula is C13H22N4O. The molecule has 0 bridgehead atoms. The van der Waals surface area contributed by atoms with E-state index >= 15 is 0 Å². The Labute approximate surface area is 108 Å². The van der Waals surface area contributed by atoms with Crippen molar-refractivity contribution < 1.29 is 5.11 Å². The third kappa shape index (κ3) is 3.10. The number of aliphatic hydroxyl groups is 1. The molecule has 0 amide bonds. The van der Waals surface area contributed by atoms with Crippen molar-refractivity contribution >= 4 is 11.6 Å². The van der Waals surface area contributed by atoms with Crippen LogP contribution in [0.15, 0.2) is 6.07 Å². The molecular weight excluding hydrogens is 228 g/mol. The summed E-state index contributed by atoms with van der Waals surface area (Å²) in [6.45, 7) is 5.65. The lowest BCUT2D eigenvalue weighted by Gasteiger charge is -2.23. The molecule has 0 spiro atoms. The van der Waals surface area contributed by atoms with Crippen molar-refractivity contribution in [2.75, 3.05) is 23.7 Å². The van der Waals surface area contributed by atoms with Crippen molar-refractivity contribution in [2.45, 2.75) is 45.1 Å². The van der Waals surface area contributed by atoms with E-state index < -0.39 is 5.60 Å². The highest BCUT2D eigenvalue weighted by molar-refractivity contribution is 5.47. The fraction of sp³-hybridized carbons (Fsp3) is 0.692. The monoisotopic (exact) mass is 250 g/mol. The second kappa shape index (κ2) is 5.10. The molecule has 0 saturated carbocycles. The van der Waals surface area contributed by atoms with Crippen LogP contribution in [0.3, 0.4) is 0 Å². The maximum atomic E-state index is 10.1. The fourth-order valence-electron chi connectivity index (χ4n) is 2.32. The minimum Gasteiger partial charge on any atom is -0.390 e. The standard InChI is InChI=1S/C13H22N4O/c1-3-11-15-10(14)9-12(16-11)17-7-4-5-13(2,18)6-8-17/h9,18H,3-8H2,1-2H3,(H2,14,15,16). The van der Waals surface area contributed by atoms with Gasteiger partial charge in [0.05, 0.1) is 5.60 Å². The average Bonchev–Trinajstić information content (AvgIpc) is 2.49. The number of aromatic nitrogens is 2. The van der Waals surface area contributed by atoms with Gasteiger partial charge in [0.1, 0.15) is 17.5 Å². The smallest absolute Gasteiger partial charge is 0.134 e. The molecule has 1 unspecified atom stereocenters. The first-order chi connectivity index (χ1) is 8.50. The molecule has 2 rings (SSSR count). The highest BCUT2D eigenvalue weighted by Crippen LogP contribution is 2.24. The van der Waals surface area contributed by atoms with Gasteiger partial charge in [0.2, 0.25) is 0 Å². The van der Waals surface area contributed by atoms with Crippen LogP contribution in [0.2, 0.25) is 0 Å². The van der Waals surface area contributed by atoms with Crippen molar-refractivity contribution in [3.05, 3.63) is 11.9 Å². The zero-order valence-corrected chi connectivity index (χ0v) is 11.2. The lowest BCUT2D eigenvalue weighted by atomic mass is 9.98. The van der Waals surface area contributed by atoms with Gasteiger partial charge >= 0.3 is 0 Å². The Hall–Kier alpha value is -1.36. The maximum absolute atomic E-state index is 10.1. The van der Waals surface area contributed by atoms with Gasteiger partial charge in [-0.25, -0.2) is 9.97 Å². The molecule has 1 saturated heterocycles. The van der Waals surface area contributed by atoms with Gasteiger partial charge < -0.3 is 15.7 Å².